The Morgan fingerprint density at radius 1 is 1.10 bits per heavy atom. The van der Waals surface area contributed by atoms with Crippen LogP contribution in [0, 0.1) is 11.8 Å². The van der Waals surface area contributed by atoms with Crippen LogP contribution in [0.15, 0.2) is 59.5 Å². The van der Waals surface area contributed by atoms with Crippen molar-refractivity contribution < 1.29 is 42.2 Å². The minimum atomic E-state index is -5.08. The number of thioether (sulfide) groups is 1. The number of carbonyl (C=O) groups is 4. The Balaban J connectivity index is 0.000000559. The normalized spacial score (nSPS) is 24.7. The number of nitrogens with zero attached hydrogens (tertiary/aromatic N) is 1. The van der Waals surface area contributed by atoms with E-state index in [1.54, 1.807) is 11.8 Å². The van der Waals surface area contributed by atoms with Gasteiger partial charge in [0.15, 0.2) is 0 Å². The number of nitrogens with one attached hydrogen (secondary N) is 1. The molecule has 40 heavy (non-hydrogen) atoms. The van der Waals surface area contributed by atoms with Gasteiger partial charge in [-0.05, 0) is 29.7 Å². The van der Waals surface area contributed by atoms with Gasteiger partial charge in [-0.1, -0.05) is 56.3 Å². The summed E-state index contributed by atoms with van der Waals surface area (Å²) in [5, 5.41) is 11.1. The average Bonchev–Trinajstić information content (AvgIpc) is 3.38. The molecule has 0 spiro atoms. The van der Waals surface area contributed by atoms with Crippen LogP contribution in [-0.2, 0) is 30.3 Å². The van der Waals surface area contributed by atoms with Gasteiger partial charge in [-0.2, -0.15) is 13.2 Å². The molecule has 0 bridgehead atoms. The zero-order valence-corrected chi connectivity index (χ0v) is 23.2. The standard InChI is InChI=1S/C26H30N2O4S.C2HF3O2/c1-5-16(2)33-19-13-11-18(12-14-19)22-20-21(24(30)28(3)23(20)29)26(27-22,25(31)32-4)15-17-9-7-6-8-10-17;3-2(4,5)1(6)7/h6-14,16,20-22,27H,5,15H2,1-4H3;(H,6,7)/t16?,20-,21-,22-,26-;/m1./s1. The maximum absolute atomic E-state index is 13.3. The van der Waals surface area contributed by atoms with Crippen molar-refractivity contribution in [3.8, 4) is 0 Å². The molecule has 0 saturated carbocycles. The highest BCUT2D eigenvalue weighted by molar-refractivity contribution is 7.99. The Kier molecular flexibility index (Phi) is 9.68. The number of methoxy groups -OCH3 is 1. The molecule has 2 saturated heterocycles. The van der Waals surface area contributed by atoms with E-state index in [1.807, 2.05) is 54.6 Å². The van der Waals surface area contributed by atoms with Crippen molar-refractivity contribution in [2.75, 3.05) is 14.2 Å². The number of hydrogen-bond acceptors (Lipinski definition) is 7. The lowest BCUT2D eigenvalue weighted by Crippen LogP contribution is -2.57. The van der Waals surface area contributed by atoms with Crippen molar-refractivity contribution in [1.29, 1.82) is 0 Å². The molecule has 0 radical (unpaired) electrons. The van der Waals surface area contributed by atoms with Crippen LogP contribution >= 0.6 is 11.8 Å². The van der Waals surface area contributed by atoms with Gasteiger partial charge in [-0.25, -0.2) is 4.79 Å². The summed E-state index contributed by atoms with van der Waals surface area (Å²) in [6.45, 7) is 4.35. The smallest absolute Gasteiger partial charge is 0.475 e. The molecule has 2 fully saturated rings. The van der Waals surface area contributed by atoms with Gasteiger partial charge >= 0.3 is 18.1 Å². The first-order valence-corrected chi connectivity index (χ1v) is 13.4. The van der Waals surface area contributed by atoms with E-state index in [0.717, 1.165) is 22.4 Å². The number of benzene rings is 2. The van der Waals surface area contributed by atoms with Crippen LogP contribution in [0.4, 0.5) is 13.2 Å². The van der Waals surface area contributed by atoms with Crippen LogP contribution < -0.4 is 5.32 Å². The maximum Gasteiger partial charge on any atom is 0.490 e. The topological polar surface area (TPSA) is 113 Å². The van der Waals surface area contributed by atoms with E-state index in [9.17, 15) is 27.6 Å². The lowest BCUT2D eigenvalue weighted by Gasteiger charge is -2.32. The molecule has 8 nitrogen and oxygen atoms in total. The number of hydrogen-bond donors (Lipinski definition) is 2. The second kappa shape index (κ2) is 12.4. The van der Waals surface area contributed by atoms with E-state index in [2.05, 4.69) is 19.2 Å². The fraction of sp³-hybridized carbons (Fsp3) is 0.429. The van der Waals surface area contributed by atoms with Gasteiger partial charge in [0, 0.05) is 29.7 Å². The van der Waals surface area contributed by atoms with Crippen molar-refractivity contribution >= 4 is 35.5 Å². The lowest BCUT2D eigenvalue weighted by molar-refractivity contribution is -0.192. The number of likely N-dealkylation sites (tertiary alicyclic amines) is 1. The third-order valence-corrected chi connectivity index (χ3v) is 8.42. The van der Waals surface area contributed by atoms with Crippen molar-refractivity contribution in [1.82, 2.24) is 10.2 Å². The Hall–Kier alpha value is -3.38. The molecule has 2 aromatic rings. The molecule has 1 unspecified atom stereocenters. The molecular formula is C28H31F3N2O6S. The van der Waals surface area contributed by atoms with Gasteiger partial charge in [0.2, 0.25) is 11.8 Å². The van der Waals surface area contributed by atoms with E-state index in [4.69, 9.17) is 14.6 Å². The summed E-state index contributed by atoms with van der Waals surface area (Å²) in [4.78, 5) is 50.9. The van der Waals surface area contributed by atoms with E-state index >= 15 is 0 Å². The number of carboxylic acids is 1. The second-order valence-corrected chi connectivity index (χ2v) is 11.2. The fourth-order valence-corrected chi connectivity index (χ4v) is 5.95. The number of esters is 1. The summed E-state index contributed by atoms with van der Waals surface area (Å²) < 4.78 is 36.9. The highest BCUT2D eigenvalue weighted by Crippen LogP contribution is 2.50. The summed E-state index contributed by atoms with van der Waals surface area (Å²) in [5.74, 6) is -5.39. The van der Waals surface area contributed by atoms with Crippen LogP contribution in [0.5, 0.6) is 0 Å². The minimum absolute atomic E-state index is 0.257. The number of carboxylic acid groups (broad SMARTS) is 1. The number of rotatable bonds is 7. The van der Waals surface area contributed by atoms with Crippen molar-refractivity contribution in [3.63, 3.8) is 0 Å². The van der Waals surface area contributed by atoms with E-state index in [1.165, 1.54) is 19.1 Å². The molecule has 2 amide bonds. The molecule has 2 aromatic carbocycles. The molecule has 2 N–H and O–H groups in total. The average molecular weight is 581 g/mol. The number of aliphatic carboxylic acids is 1. The van der Waals surface area contributed by atoms with Crippen molar-refractivity contribution in [2.45, 2.75) is 54.6 Å². The van der Waals surface area contributed by atoms with Crippen molar-refractivity contribution in [3.05, 3.63) is 65.7 Å². The summed E-state index contributed by atoms with van der Waals surface area (Å²) in [6.07, 6.45) is -3.75. The first-order chi connectivity index (χ1) is 18.8. The Labute approximate surface area is 234 Å². The number of alkyl halides is 3. The summed E-state index contributed by atoms with van der Waals surface area (Å²) in [7, 11) is 2.82. The molecular weight excluding hydrogens is 549 g/mol. The van der Waals surface area contributed by atoms with Crippen LogP contribution in [0.2, 0.25) is 0 Å². The maximum atomic E-state index is 13.3. The van der Waals surface area contributed by atoms with Gasteiger partial charge in [0.1, 0.15) is 5.54 Å². The van der Waals surface area contributed by atoms with Crippen LogP contribution in [-0.4, -0.2) is 64.9 Å². The predicted molar refractivity (Wildman–Crippen MR) is 141 cm³/mol. The number of amides is 2. The van der Waals surface area contributed by atoms with Gasteiger partial charge in [-0.3, -0.25) is 24.6 Å². The van der Waals surface area contributed by atoms with Gasteiger partial charge in [-0.15, -0.1) is 11.8 Å². The third kappa shape index (κ3) is 6.33. The SMILES string of the molecule is CCC(C)Sc1ccc([C@H]2N[C@@](Cc3ccccc3)(C(=O)OC)[C@H]3C(=O)N(C)C(=O)[C@@H]23)cc1.O=C(O)C(F)(F)F. The zero-order chi connectivity index (χ0) is 29.8. The molecule has 4 rings (SSSR count). The third-order valence-electron chi connectivity index (χ3n) is 7.14. The van der Waals surface area contributed by atoms with Crippen LogP contribution in [0.25, 0.3) is 0 Å². The molecule has 2 heterocycles. The summed E-state index contributed by atoms with van der Waals surface area (Å²) in [5.41, 5.74) is 0.450. The number of fused-ring (bicyclic) bond motifs is 1. The fourth-order valence-electron chi connectivity index (χ4n) is 5.03. The molecule has 0 aliphatic carbocycles. The minimum Gasteiger partial charge on any atom is -0.475 e. The predicted octanol–water partition coefficient (Wildman–Crippen LogP) is 4.24. The molecule has 0 aromatic heterocycles. The highest BCUT2D eigenvalue weighted by atomic mass is 32.2. The number of carbonyl (C=O) groups excluding carboxylic acids is 3. The molecule has 2 aliphatic rings. The monoisotopic (exact) mass is 580 g/mol. The largest absolute Gasteiger partial charge is 0.490 e. The zero-order valence-electron chi connectivity index (χ0n) is 22.4. The first kappa shape index (κ1) is 31.2. The second-order valence-electron chi connectivity index (χ2n) is 9.69. The van der Waals surface area contributed by atoms with Crippen LogP contribution in [0.1, 0.15) is 37.4 Å². The number of imide groups is 1. The summed E-state index contributed by atoms with van der Waals surface area (Å²) in [6, 6.07) is 17.1. The van der Waals surface area contributed by atoms with Gasteiger partial charge in [0.25, 0.3) is 0 Å². The first-order valence-electron chi connectivity index (χ1n) is 12.5. The number of halogens is 3. The van der Waals surface area contributed by atoms with Gasteiger partial charge in [0.05, 0.1) is 18.9 Å². The van der Waals surface area contributed by atoms with E-state index in [-0.39, 0.29) is 18.2 Å². The quantitative estimate of drug-likeness (QED) is 0.284. The number of ether oxygens (including phenoxy) is 1. The van der Waals surface area contributed by atoms with Gasteiger partial charge < -0.3 is 9.84 Å². The Morgan fingerprint density at radius 3 is 2.17 bits per heavy atom. The van der Waals surface area contributed by atoms with Crippen molar-refractivity contribution in [2.24, 2.45) is 11.8 Å². The highest BCUT2D eigenvalue weighted by Gasteiger charge is 2.68. The van der Waals surface area contributed by atoms with E-state index < -0.39 is 41.5 Å². The molecule has 5 atom stereocenters. The Morgan fingerprint density at radius 2 is 1.68 bits per heavy atom. The Bertz CT molecular complexity index is 1240. The summed E-state index contributed by atoms with van der Waals surface area (Å²) >= 11 is 1.80. The lowest BCUT2D eigenvalue weighted by atomic mass is 9.76. The van der Waals surface area contributed by atoms with Crippen LogP contribution in [0.3, 0.4) is 0 Å². The molecule has 12 heteroatoms. The van der Waals surface area contributed by atoms with E-state index in [0.29, 0.717) is 5.25 Å². The molecule has 216 valence electrons. The molecule has 2 aliphatic heterocycles.